The van der Waals surface area contributed by atoms with Gasteiger partial charge >= 0.3 is 0 Å². The quantitative estimate of drug-likeness (QED) is 0.757. The summed E-state index contributed by atoms with van der Waals surface area (Å²) in [4.78, 5) is 4.90. The summed E-state index contributed by atoms with van der Waals surface area (Å²) in [6, 6.07) is 0.587. The Morgan fingerprint density at radius 3 is 2.31 bits per heavy atom. The molecule has 1 heterocycles. The van der Waals surface area contributed by atoms with Crippen molar-refractivity contribution >= 4 is 16.9 Å². The number of thioether (sulfide) groups is 1. The van der Waals surface area contributed by atoms with Crippen LogP contribution in [0.3, 0.4) is 0 Å². The van der Waals surface area contributed by atoms with Crippen molar-refractivity contribution in [1.82, 2.24) is 5.32 Å². The van der Waals surface area contributed by atoms with Gasteiger partial charge in [-0.15, -0.1) is 0 Å². The van der Waals surface area contributed by atoms with Gasteiger partial charge in [-0.25, -0.2) is 0 Å². The molecule has 0 aromatic rings. The normalized spacial score (nSPS) is 29.8. The van der Waals surface area contributed by atoms with Crippen LogP contribution < -0.4 is 5.32 Å². The number of aliphatic imine (C=N–C) groups is 1. The summed E-state index contributed by atoms with van der Waals surface area (Å²) >= 11 is 1.89. The van der Waals surface area contributed by atoms with Crippen LogP contribution in [0, 0.1) is 0 Å². The molecule has 2 aliphatic rings. The van der Waals surface area contributed by atoms with E-state index in [4.69, 9.17) is 4.99 Å². The fourth-order valence-electron chi connectivity index (χ4n) is 2.41. The molecule has 16 heavy (non-hydrogen) atoms. The highest BCUT2D eigenvalue weighted by Gasteiger charge is 2.27. The van der Waals surface area contributed by atoms with Gasteiger partial charge in [0, 0.05) is 11.3 Å². The molecular weight excluding hydrogens is 216 g/mol. The molecule has 0 amide bonds. The van der Waals surface area contributed by atoms with Crippen LogP contribution in [0.5, 0.6) is 0 Å². The lowest BCUT2D eigenvalue weighted by molar-refractivity contribution is 0.453. The van der Waals surface area contributed by atoms with Crippen LogP contribution in [0.1, 0.15) is 58.8 Å². The Morgan fingerprint density at radius 1 is 1.12 bits per heavy atom. The SMILES string of the molecule is CC1(C)CSC(=NC2CCCCCCC2)N1. The summed E-state index contributed by atoms with van der Waals surface area (Å²) in [5, 5.41) is 4.72. The van der Waals surface area contributed by atoms with Crippen LogP contribution in [0.2, 0.25) is 0 Å². The van der Waals surface area contributed by atoms with E-state index in [0.717, 1.165) is 5.75 Å². The van der Waals surface area contributed by atoms with E-state index >= 15 is 0 Å². The van der Waals surface area contributed by atoms with E-state index in [9.17, 15) is 0 Å². The van der Waals surface area contributed by atoms with Crippen molar-refractivity contribution in [3.05, 3.63) is 0 Å². The highest BCUT2D eigenvalue weighted by atomic mass is 32.2. The smallest absolute Gasteiger partial charge is 0.157 e. The summed E-state index contributed by atoms with van der Waals surface area (Å²) in [6.07, 6.45) is 9.59. The topological polar surface area (TPSA) is 24.4 Å². The largest absolute Gasteiger partial charge is 0.359 e. The first-order valence-corrected chi connectivity index (χ1v) is 7.63. The van der Waals surface area contributed by atoms with Crippen molar-refractivity contribution in [2.45, 2.75) is 70.4 Å². The first kappa shape index (κ1) is 12.3. The molecule has 1 N–H and O–H groups in total. The predicted molar refractivity (Wildman–Crippen MR) is 73.2 cm³/mol. The lowest BCUT2D eigenvalue weighted by Gasteiger charge is -2.18. The Labute approximate surface area is 104 Å². The van der Waals surface area contributed by atoms with Gasteiger partial charge in [-0.2, -0.15) is 0 Å². The first-order chi connectivity index (χ1) is 7.66. The lowest BCUT2D eigenvalue weighted by atomic mass is 9.97. The number of hydrogen-bond acceptors (Lipinski definition) is 2. The molecule has 1 saturated carbocycles. The summed E-state index contributed by atoms with van der Waals surface area (Å²) < 4.78 is 0. The molecule has 0 unspecified atom stereocenters. The average Bonchev–Trinajstić information content (AvgIpc) is 2.50. The summed E-state index contributed by atoms with van der Waals surface area (Å²) in [5.74, 6) is 1.15. The Hall–Kier alpha value is -0.180. The van der Waals surface area contributed by atoms with Gasteiger partial charge < -0.3 is 5.32 Å². The van der Waals surface area contributed by atoms with Gasteiger partial charge in [-0.1, -0.05) is 43.9 Å². The van der Waals surface area contributed by atoms with Crippen LogP contribution in [0.4, 0.5) is 0 Å². The van der Waals surface area contributed by atoms with Crippen molar-refractivity contribution in [2.24, 2.45) is 4.99 Å². The summed E-state index contributed by atoms with van der Waals surface area (Å²) in [5.41, 5.74) is 0.241. The Morgan fingerprint density at radius 2 is 1.75 bits per heavy atom. The van der Waals surface area contributed by atoms with Gasteiger partial charge in [0.2, 0.25) is 0 Å². The minimum absolute atomic E-state index is 0.241. The van der Waals surface area contributed by atoms with Crippen LogP contribution in [0.15, 0.2) is 4.99 Å². The predicted octanol–water partition coefficient (Wildman–Crippen LogP) is 3.57. The molecule has 0 spiro atoms. The molecule has 3 heteroatoms. The maximum absolute atomic E-state index is 4.90. The molecular formula is C13H24N2S. The fourth-order valence-corrected chi connectivity index (χ4v) is 3.55. The molecule has 2 nitrogen and oxygen atoms in total. The van der Waals surface area contributed by atoms with E-state index in [1.807, 2.05) is 11.8 Å². The molecule has 1 aliphatic carbocycles. The van der Waals surface area contributed by atoms with E-state index in [0.29, 0.717) is 6.04 Å². The van der Waals surface area contributed by atoms with Gasteiger partial charge in [0.25, 0.3) is 0 Å². The second-order valence-corrected chi connectivity index (χ2v) is 6.69. The maximum atomic E-state index is 4.90. The molecule has 1 aliphatic heterocycles. The number of rotatable bonds is 1. The molecule has 1 saturated heterocycles. The van der Waals surface area contributed by atoms with Gasteiger partial charge in [0.05, 0.1) is 6.04 Å². The van der Waals surface area contributed by atoms with E-state index < -0.39 is 0 Å². The Balaban J connectivity index is 1.89. The molecule has 0 radical (unpaired) electrons. The molecule has 0 aromatic carbocycles. The van der Waals surface area contributed by atoms with Gasteiger partial charge in [-0.05, 0) is 26.7 Å². The molecule has 0 aromatic heterocycles. The van der Waals surface area contributed by atoms with Crippen molar-refractivity contribution in [1.29, 1.82) is 0 Å². The fraction of sp³-hybridized carbons (Fsp3) is 0.923. The van der Waals surface area contributed by atoms with Crippen LogP contribution in [-0.2, 0) is 0 Å². The second-order valence-electron chi connectivity index (χ2n) is 5.73. The van der Waals surface area contributed by atoms with E-state index in [-0.39, 0.29) is 5.54 Å². The second kappa shape index (κ2) is 5.44. The van der Waals surface area contributed by atoms with Crippen LogP contribution in [-0.4, -0.2) is 22.5 Å². The Bertz CT molecular complexity index is 253. The van der Waals surface area contributed by atoms with Crippen molar-refractivity contribution < 1.29 is 0 Å². The molecule has 2 fully saturated rings. The third-order valence-electron chi connectivity index (χ3n) is 3.39. The zero-order valence-corrected chi connectivity index (χ0v) is 11.4. The standard InChI is InChI=1S/C13H24N2S/c1-13(2)10-16-12(15-13)14-11-8-6-4-3-5-7-9-11/h11H,3-10H2,1-2H3,(H,14,15). The number of amidine groups is 1. The van der Waals surface area contributed by atoms with E-state index in [2.05, 4.69) is 19.2 Å². The number of hydrogen-bond donors (Lipinski definition) is 1. The minimum Gasteiger partial charge on any atom is -0.359 e. The number of nitrogens with zero attached hydrogens (tertiary/aromatic N) is 1. The summed E-state index contributed by atoms with van der Waals surface area (Å²) in [7, 11) is 0. The highest BCUT2D eigenvalue weighted by molar-refractivity contribution is 8.14. The van der Waals surface area contributed by atoms with Crippen LogP contribution in [0.25, 0.3) is 0 Å². The molecule has 2 rings (SSSR count). The minimum atomic E-state index is 0.241. The number of nitrogens with one attached hydrogen (secondary N) is 1. The Kier molecular flexibility index (Phi) is 4.17. The molecule has 92 valence electrons. The highest BCUT2D eigenvalue weighted by Crippen LogP contribution is 2.25. The molecule has 0 atom stereocenters. The molecule has 0 bridgehead atoms. The third kappa shape index (κ3) is 3.69. The van der Waals surface area contributed by atoms with E-state index in [1.165, 1.54) is 50.1 Å². The van der Waals surface area contributed by atoms with Crippen molar-refractivity contribution in [2.75, 3.05) is 5.75 Å². The van der Waals surface area contributed by atoms with Gasteiger partial charge in [-0.3, -0.25) is 4.99 Å². The monoisotopic (exact) mass is 240 g/mol. The zero-order chi connectivity index (χ0) is 11.4. The summed E-state index contributed by atoms with van der Waals surface area (Å²) in [6.45, 7) is 4.50. The maximum Gasteiger partial charge on any atom is 0.157 e. The van der Waals surface area contributed by atoms with Gasteiger partial charge in [0.15, 0.2) is 5.17 Å². The lowest BCUT2D eigenvalue weighted by Crippen LogP contribution is -2.37. The van der Waals surface area contributed by atoms with E-state index in [1.54, 1.807) is 0 Å². The van der Waals surface area contributed by atoms with Crippen molar-refractivity contribution in [3.63, 3.8) is 0 Å². The average molecular weight is 240 g/mol. The third-order valence-corrected chi connectivity index (χ3v) is 4.74. The van der Waals surface area contributed by atoms with Gasteiger partial charge in [0.1, 0.15) is 0 Å². The first-order valence-electron chi connectivity index (χ1n) is 6.64. The van der Waals surface area contributed by atoms with Crippen molar-refractivity contribution in [3.8, 4) is 0 Å². The zero-order valence-electron chi connectivity index (χ0n) is 10.6. The van der Waals surface area contributed by atoms with Crippen LogP contribution >= 0.6 is 11.8 Å².